The Balaban J connectivity index is 2.15. The third-order valence-corrected chi connectivity index (χ3v) is 3.60. The maximum absolute atomic E-state index is 11.7. The van der Waals surface area contributed by atoms with Gasteiger partial charge in [-0.15, -0.1) is 0 Å². The molecule has 0 bridgehead atoms. The van der Waals surface area contributed by atoms with Gasteiger partial charge in [0.05, 0.1) is 6.10 Å². The molecule has 0 aliphatic heterocycles. The van der Waals surface area contributed by atoms with E-state index >= 15 is 0 Å². The monoisotopic (exact) mass is 258 g/mol. The second kappa shape index (κ2) is 8.45. The normalized spacial score (nSPS) is 23.9. The zero-order valence-electron chi connectivity index (χ0n) is 11.5. The Kier molecular flexibility index (Phi) is 7.23. The molecule has 0 aromatic heterocycles. The van der Waals surface area contributed by atoms with Crippen LogP contribution < -0.4 is 5.32 Å². The number of hydrogen-bond acceptors (Lipinski definition) is 4. The third-order valence-electron chi connectivity index (χ3n) is 3.60. The predicted molar refractivity (Wildman–Crippen MR) is 70.4 cm³/mol. The first kappa shape index (κ1) is 15.4. The van der Waals surface area contributed by atoms with Gasteiger partial charge < -0.3 is 20.1 Å². The molecule has 0 aromatic rings. The largest absolute Gasteiger partial charge is 0.396 e. The first-order valence-electron chi connectivity index (χ1n) is 6.81. The SMILES string of the molecule is CN[C@H]1CC[C@H](OCC(=O)N(C)CCCO)CC1. The topological polar surface area (TPSA) is 61.8 Å². The van der Waals surface area contributed by atoms with Crippen LogP contribution in [0.5, 0.6) is 0 Å². The third kappa shape index (κ3) is 5.33. The Morgan fingerprint density at radius 2 is 2.06 bits per heavy atom. The minimum atomic E-state index is -0.000750. The predicted octanol–water partition coefficient (Wildman–Crippen LogP) is 0.374. The fourth-order valence-corrected chi connectivity index (χ4v) is 2.25. The van der Waals surface area contributed by atoms with Crippen LogP contribution in [0.3, 0.4) is 0 Å². The average Bonchev–Trinajstić information content (AvgIpc) is 2.42. The Hall–Kier alpha value is -0.650. The van der Waals surface area contributed by atoms with Gasteiger partial charge in [0.2, 0.25) is 5.91 Å². The number of aliphatic hydroxyl groups is 1. The van der Waals surface area contributed by atoms with E-state index in [-0.39, 0.29) is 25.2 Å². The summed E-state index contributed by atoms with van der Waals surface area (Å²) in [5, 5.41) is 12.0. The van der Waals surface area contributed by atoms with E-state index in [2.05, 4.69) is 5.32 Å². The molecule has 1 aliphatic rings. The molecule has 0 radical (unpaired) electrons. The molecule has 1 saturated carbocycles. The van der Waals surface area contributed by atoms with Crippen molar-refractivity contribution in [1.29, 1.82) is 0 Å². The van der Waals surface area contributed by atoms with E-state index in [0.29, 0.717) is 19.0 Å². The first-order chi connectivity index (χ1) is 8.67. The van der Waals surface area contributed by atoms with Crippen LogP contribution in [0.4, 0.5) is 0 Å². The molecule has 1 aliphatic carbocycles. The highest BCUT2D eigenvalue weighted by atomic mass is 16.5. The number of carbonyl (C=O) groups excluding carboxylic acids is 1. The van der Waals surface area contributed by atoms with E-state index in [1.165, 1.54) is 0 Å². The summed E-state index contributed by atoms with van der Waals surface area (Å²) in [6.45, 7) is 0.870. The van der Waals surface area contributed by atoms with Crippen LogP contribution in [0, 0.1) is 0 Å². The number of amides is 1. The number of hydrogen-bond donors (Lipinski definition) is 2. The van der Waals surface area contributed by atoms with Gasteiger partial charge in [0.15, 0.2) is 0 Å². The van der Waals surface area contributed by atoms with Gasteiger partial charge in [0.1, 0.15) is 6.61 Å². The summed E-state index contributed by atoms with van der Waals surface area (Å²) in [6.07, 6.45) is 5.14. The molecular formula is C13H26N2O3. The first-order valence-corrected chi connectivity index (χ1v) is 6.81. The summed E-state index contributed by atoms with van der Waals surface area (Å²) >= 11 is 0. The fourth-order valence-electron chi connectivity index (χ4n) is 2.25. The van der Waals surface area contributed by atoms with Crippen molar-refractivity contribution in [3.63, 3.8) is 0 Å². The summed E-state index contributed by atoms with van der Waals surface area (Å²) < 4.78 is 5.66. The van der Waals surface area contributed by atoms with Crippen molar-refractivity contribution >= 4 is 5.91 Å². The molecule has 5 nitrogen and oxygen atoms in total. The maximum atomic E-state index is 11.7. The van der Waals surface area contributed by atoms with Gasteiger partial charge >= 0.3 is 0 Å². The lowest BCUT2D eigenvalue weighted by molar-refractivity contribution is -0.137. The van der Waals surface area contributed by atoms with Crippen LogP contribution >= 0.6 is 0 Å². The summed E-state index contributed by atoms with van der Waals surface area (Å²) in [6, 6.07) is 0.604. The summed E-state index contributed by atoms with van der Waals surface area (Å²) in [5.74, 6) is -0.000750. The molecule has 1 rings (SSSR count). The van der Waals surface area contributed by atoms with Gasteiger partial charge in [-0.1, -0.05) is 0 Å². The van der Waals surface area contributed by atoms with E-state index < -0.39 is 0 Å². The van der Waals surface area contributed by atoms with E-state index in [0.717, 1.165) is 25.7 Å². The van der Waals surface area contributed by atoms with Gasteiger partial charge in [-0.3, -0.25) is 4.79 Å². The average molecular weight is 258 g/mol. The highest BCUT2D eigenvalue weighted by molar-refractivity contribution is 5.77. The van der Waals surface area contributed by atoms with Gasteiger partial charge in [0.25, 0.3) is 0 Å². The lowest BCUT2D eigenvalue weighted by Crippen LogP contribution is -2.36. The standard InChI is InChI=1S/C13H26N2O3/c1-14-11-4-6-12(7-5-11)18-10-13(17)15(2)8-3-9-16/h11-12,14,16H,3-10H2,1-2H3/t11-,12-. The fraction of sp³-hybridized carbons (Fsp3) is 0.923. The summed E-state index contributed by atoms with van der Waals surface area (Å²) in [5.41, 5.74) is 0. The molecule has 0 unspecified atom stereocenters. The molecule has 5 heteroatoms. The summed E-state index contributed by atoms with van der Waals surface area (Å²) in [4.78, 5) is 13.3. The van der Waals surface area contributed by atoms with Gasteiger partial charge in [-0.25, -0.2) is 0 Å². The smallest absolute Gasteiger partial charge is 0.248 e. The number of rotatable bonds is 7. The van der Waals surface area contributed by atoms with Crippen molar-refractivity contribution in [2.75, 3.05) is 33.9 Å². The highest BCUT2D eigenvalue weighted by Gasteiger charge is 2.21. The lowest BCUT2D eigenvalue weighted by atomic mass is 9.93. The Labute approximate surface area is 109 Å². The van der Waals surface area contributed by atoms with Crippen molar-refractivity contribution in [3.8, 4) is 0 Å². The molecule has 1 amide bonds. The molecule has 1 fully saturated rings. The second-order valence-corrected chi connectivity index (χ2v) is 4.97. The highest BCUT2D eigenvalue weighted by Crippen LogP contribution is 2.20. The second-order valence-electron chi connectivity index (χ2n) is 4.97. The number of nitrogens with zero attached hydrogens (tertiary/aromatic N) is 1. The van der Waals surface area contributed by atoms with Crippen LogP contribution in [0.15, 0.2) is 0 Å². The van der Waals surface area contributed by atoms with Crippen molar-refractivity contribution < 1.29 is 14.6 Å². The Morgan fingerprint density at radius 1 is 1.39 bits per heavy atom. The molecule has 0 saturated heterocycles. The van der Waals surface area contributed by atoms with E-state index in [1.54, 1.807) is 11.9 Å². The lowest BCUT2D eigenvalue weighted by Gasteiger charge is -2.28. The van der Waals surface area contributed by atoms with Crippen molar-refractivity contribution in [3.05, 3.63) is 0 Å². The van der Waals surface area contributed by atoms with Crippen molar-refractivity contribution in [2.24, 2.45) is 0 Å². The van der Waals surface area contributed by atoms with Crippen LogP contribution in [0.1, 0.15) is 32.1 Å². The molecule has 0 spiro atoms. The van der Waals surface area contributed by atoms with Crippen LogP contribution in [0.25, 0.3) is 0 Å². The van der Waals surface area contributed by atoms with Crippen molar-refractivity contribution in [2.45, 2.75) is 44.2 Å². The maximum Gasteiger partial charge on any atom is 0.248 e. The molecule has 0 heterocycles. The number of carbonyl (C=O) groups is 1. The Bertz CT molecular complexity index is 240. The van der Waals surface area contributed by atoms with Crippen LogP contribution in [-0.2, 0) is 9.53 Å². The molecular weight excluding hydrogens is 232 g/mol. The van der Waals surface area contributed by atoms with Gasteiger partial charge in [0, 0.05) is 26.2 Å². The van der Waals surface area contributed by atoms with E-state index in [4.69, 9.17) is 9.84 Å². The van der Waals surface area contributed by atoms with E-state index in [9.17, 15) is 4.79 Å². The Morgan fingerprint density at radius 3 is 2.61 bits per heavy atom. The molecule has 0 atom stereocenters. The van der Waals surface area contributed by atoms with Crippen molar-refractivity contribution in [1.82, 2.24) is 10.2 Å². The van der Waals surface area contributed by atoms with Gasteiger partial charge in [-0.05, 0) is 39.2 Å². The zero-order valence-corrected chi connectivity index (χ0v) is 11.5. The van der Waals surface area contributed by atoms with E-state index in [1.807, 2.05) is 7.05 Å². The molecule has 106 valence electrons. The summed E-state index contributed by atoms with van der Waals surface area (Å²) in [7, 11) is 3.74. The minimum absolute atomic E-state index is 0.000750. The number of likely N-dealkylation sites (N-methyl/N-ethyl adjacent to an activating group) is 1. The molecule has 0 aromatic carbocycles. The zero-order chi connectivity index (χ0) is 13.4. The number of nitrogens with one attached hydrogen (secondary N) is 1. The van der Waals surface area contributed by atoms with Gasteiger partial charge in [-0.2, -0.15) is 0 Å². The number of aliphatic hydroxyl groups excluding tert-OH is 1. The van der Waals surface area contributed by atoms with Crippen LogP contribution in [-0.4, -0.2) is 61.9 Å². The molecule has 2 N–H and O–H groups in total. The van der Waals surface area contributed by atoms with Crippen LogP contribution in [0.2, 0.25) is 0 Å². The number of ether oxygens (including phenoxy) is 1. The molecule has 18 heavy (non-hydrogen) atoms. The quantitative estimate of drug-likeness (QED) is 0.693. The minimum Gasteiger partial charge on any atom is -0.396 e.